The number of methoxy groups -OCH3 is 3. The van der Waals surface area contributed by atoms with E-state index in [9.17, 15) is 25.2 Å². The van der Waals surface area contributed by atoms with Crippen molar-refractivity contribution in [3.63, 3.8) is 0 Å². The highest BCUT2D eigenvalue weighted by Crippen LogP contribution is 2.52. The Bertz CT molecular complexity index is 1130. The zero-order valence-electron chi connectivity index (χ0n) is 18.1. The normalized spacial score (nSPS) is 10.3. The Labute approximate surface area is 188 Å². The van der Waals surface area contributed by atoms with Gasteiger partial charge in [0.2, 0.25) is 11.5 Å². The lowest BCUT2D eigenvalue weighted by molar-refractivity contribution is 0.0697. The van der Waals surface area contributed by atoms with E-state index in [1.165, 1.54) is 45.6 Å². The zero-order chi connectivity index (χ0) is 24.2. The van der Waals surface area contributed by atoms with Crippen molar-refractivity contribution in [3.05, 3.63) is 29.8 Å². The van der Waals surface area contributed by atoms with Crippen molar-refractivity contribution in [3.8, 4) is 45.6 Å². The van der Waals surface area contributed by atoms with Gasteiger partial charge >= 0.3 is 5.97 Å². The molecule has 0 aromatic heterocycles. The molecule has 0 saturated heterocycles. The molecule has 0 aliphatic heterocycles. The van der Waals surface area contributed by atoms with Crippen LogP contribution in [0.4, 0.5) is 0 Å². The minimum atomic E-state index is -1.17. The molecule has 0 radical (unpaired) electrons. The predicted molar refractivity (Wildman–Crippen MR) is 121 cm³/mol. The molecule has 3 rings (SSSR count). The summed E-state index contributed by atoms with van der Waals surface area (Å²) < 4.78 is 15.8. The predicted octanol–water partition coefficient (Wildman–Crippen LogP) is 3.68. The van der Waals surface area contributed by atoms with Gasteiger partial charge in [-0.2, -0.15) is 0 Å². The van der Waals surface area contributed by atoms with E-state index in [4.69, 9.17) is 19.3 Å². The Morgan fingerprint density at radius 2 is 1.41 bits per heavy atom. The van der Waals surface area contributed by atoms with Crippen LogP contribution in [0.5, 0.6) is 34.5 Å². The molecule has 0 unspecified atom stereocenters. The van der Waals surface area contributed by atoms with Gasteiger partial charge in [0, 0.05) is 17.9 Å². The number of aromatic hydroxyl groups is 3. The summed E-state index contributed by atoms with van der Waals surface area (Å²) in [7, 11) is 5.08. The quantitative estimate of drug-likeness (QED) is 0.270. The number of hydrogen-bond donors (Lipinski definition) is 5. The van der Waals surface area contributed by atoms with Gasteiger partial charge in [0.25, 0.3) is 0 Å². The van der Waals surface area contributed by atoms with Crippen LogP contribution in [0.3, 0.4) is 0 Å². The maximum Gasteiger partial charge on any atom is 0.335 e. The highest BCUT2D eigenvalue weighted by Gasteiger charge is 2.25. The van der Waals surface area contributed by atoms with Crippen molar-refractivity contribution in [2.75, 3.05) is 34.7 Å². The molecule has 172 valence electrons. The molecular weight excluding hydrogens is 440 g/mol. The largest absolute Gasteiger partial charge is 0.503 e. The smallest absolute Gasteiger partial charge is 0.335 e. The van der Waals surface area contributed by atoms with Crippen molar-refractivity contribution in [1.82, 2.24) is 0 Å². The Hall–Kier alpha value is -3.50. The number of phenols is 3. The lowest BCUT2D eigenvalue weighted by Gasteiger charge is -2.19. The molecular formula is C22H24O9S. The number of aliphatic hydroxyl groups excluding tert-OH is 1. The number of fused-ring (bicyclic) bond motifs is 1. The third-order valence-electron chi connectivity index (χ3n) is 4.71. The van der Waals surface area contributed by atoms with E-state index in [1.54, 1.807) is 6.26 Å². The molecule has 3 aromatic carbocycles. The van der Waals surface area contributed by atoms with Crippen LogP contribution in [-0.2, 0) is 0 Å². The molecule has 10 heteroatoms. The molecule has 0 fully saturated rings. The third kappa shape index (κ3) is 4.14. The van der Waals surface area contributed by atoms with Crippen LogP contribution in [0.25, 0.3) is 21.9 Å². The van der Waals surface area contributed by atoms with Crippen molar-refractivity contribution in [2.24, 2.45) is 0 Å². The summed E-state index contributed by atoms with van der Waals surface area (Å²) in [5.74, 6) is -2.03. The molecule has 5 N–H and O–H groups in total. The van der Waals surface area contributed by atoms with Crippen molar-refractivity contribution < 1.29 is 44.5 Å². The van der Waals surface area contributed by atoms with Gasteiger partial charge in [-0.15, -0.1) is 11.8 Å². The second kappa shape index (κ2) is 10.2. The second-order valence-electron chi connectivity index (χ2n) is 6.24. The first-order valence-corrected chi connectivity index (χ1v) is 10.3. The first-order chi connectivity index (χ1) is 15.3. The molecule has 3 aromatic rings. The lowest BCUT2D eigenvalue weighted by Crippen LogP contribution is -2.00. The fourth-order valence-corrected chi connectivity index (χ4v) is 4.00. The van der Waals surface area contributed by atoms with Gasteiger partial charge in [0.1, 0.15) is 0 Å². The van der Waals surface area contributed by atoms with E-state index in [0.717, 1.165) is 18.9 Å². The van der Waals surface area contributed by atoms with Crippen LogP contribution in [0.15, 0.2) is 29.2 Å². The minimum Gasteiger partial charge on any atom is -0.503 e. The van der Waals surface area contributed by atoms with Crippen LogP contribution in [0.2, 0.25) is 0 Å². The second-order valence-corrected chi connectivity index (χ2v) is 7.06. The average Bonchev–Trinajstić information content (AvgIpc) is 2.81. The van der Waals surface area contributed by atoms with Gasteiger partial charge in [-0.3, -0.25) is 0 Å². The van der Waals surface area contributed by atoms with Crippen LogP contribution in [0.1, 0.15) is 10.4 Å². The van der Waals surface area contributed by atoms with Crippen LogP contribution >= 0.6 is 11.8 Å². The molecule has 0 amide bonds. The highest BCUT2D eigenvalue weighted by atomic mass is 32.2. The van der Waals surface area contributed by atoms with Gasteiger partial charge in [-0.1, -0.05) is 0 Å². The number of rotatable bonds is 6. The van der Waals surface area contributed by atoms with Crippen molar-refractivity contribution in [1.29, 1.82) is 0 Å². The standard InChI is InChI=1S/C21H20O8S.CH4O/c1-27-13-7-9(8-14(28-2)16(13)22)11-5-10(21(25)26)6-12-15(11)19(29-3)17(23)18(24)20(12)30-4;1-2/h5-8,22-24H,1-4H3,(H,25,26);2H,1H3. The fourth-order valence-electron chi connectivity index (χ4n) is 3.33. The summed E-state index contributed by atoms with van der Waals surface area (Å²) in [6, 6.07) is 5.85. The Kier molecular flexibility index (Phi) is 7.90. The molecule has 0 aliphatic carbocycles. The van der Waals surface area contributed by atoms with E-state index in [-0.39, 0.29) is 28.6 Å². The van der Waals surface area contributed by atoms with Gasteiger partial charge in [-0.05, 0) is 41.6 Å². The van der Waals surface area contributed by atoms with E-state index in [1.807, 2.05) is 0 Å². The van der Waals surface area contributed by atoms with Crippen LogP contribution < -0.4 is 14.2 Å². The maximum absolute atomic E-state index is 11.8. The molecule has 0 bridgehead atoms. The summed E-state index contributed by atoms with van der Waals surface area (Å²) >= 11 is 1.15. The first-order valence-electron chi connectivity index (χ1n) is 9.05. The summed E-state index contributed by atoms with van der Waals surface area (Å²) in [5.41, 5.74) is 0.792. The molecule has 0 heterocycles. The van der Waals surface area contributed by atoms with Crippen molar-refractivity contribution in [2.45, 2.75) is 4.90 Å². The number of aliphatic hydroxyl groups is 1. The van der Waals surface area contributed by atoms with E-state index in [0.29, 0.717) is 26.8 Å². The molecule has 0 atom stereocenters. The number of carboxylic acid groups (broad SMARTS) is 1. The Morgan fingerprint density at radius 1 is 0.844 bits per heavy atom. The van der Waals surface area contributed by atoms with Crippen molar-refractivity contribution >= 4 is 28.5 Å². The number of phenolic OH excluding ortho intramolecular Hbond substituents is 3. The molecule has 9 nitrogen and oxygen atoms in total. The van der Waals surface area contributed by atoms with E-state index >= 15 is 0 Å². The Balaban J connectivity index is 0.00000176. The minimum absolute atomic E-state index is 0.0155. The SMILES string of the molecule is CO.COc1cc(-c2cc(C(=O)O)cc3c(SC)c(O)c(O)c(OC)c23)cc(OC)c1O. The topological polar surface area (TPSA) is 146 Å². The molecule has 0 aliphatic rings. The van der Waals surface area contributed by atoms with E-state index in [2.05, 4.69) is 0 Å². The summed E-state index contributed by atoms with van der Waals surface area (Å²) in [4.78, 5) is 12.1. The van der Waals surface area contributed by atoms with Gasteiger partial charge in [0.05, 0.1) is 31.8 Å². The summed E-state index contributed by atoms with van der Waals surface area (Å²) in [6.45, 7) is 0. The van der Waals surface area contributed by atoms with Crippen LogP contribution in [0, 0.1) is 0 Å². The molecule has 0 saturated carbocycles. The molecule has 32 heavy (non-hydrogen) atoms. The van der Waals surface area contributed by atoms with Gasteiger partial charge in [0.15, 0.2) is 23.0 Å². The number of thioether (sulfide) groups is 1. The van der Waals surface area contributed by atoms with Gasteiger partial charge in [-0.25, -0.2) is 4.79 Å². The molecule has 0 spiro atoms. The summed E-state index contributed by atoms with van der Waals surface area (Å²) in [5, 5.41) is 48.6. The number of carbonyl (C=O) groups is 1. The first kappa shape index (κ1) is 24.8. The highest BCUT2D eigenvalue weighted by molar-refractivity contribution is 7.99. The number of aromatic carboxylic acids is 1. The van der Waals surface area contributed by atoms with Crippen LogP contribution in [-0.4, -0.2) is 66.2 Å². The average molecular weight is 464 g/mol. The number of benzene rings is 3. The number of carboxylic acids is 1. The lowest BCUT2D eigenvalue weighted by atomic mass is 9.93. The number of hydrogen-bond acceptors (Lipinski definition) is 9. The van der Waals surface area contributed by atoms with Gasteiger partial charge < -0.3 is 39.7 Å². The Morgan fingerprint density at radius 3 is 1.84 bits per heavy atom. The fraction of sp³-hybridized carbons (Fsp3) is 0.227. The zero-order valence-corrected chi connectivity index (χ0v) is 18.9. The number of ether oxygens (including phenoxy) is 3. The monoisotopic (exact) mass is 464 g/mol. The summed E-state index contributed by atoms with van der Waals surface area (Å²) in [6.07, 6.45) is 1.69. The third-order valence-corrected chi connectivity index (χ3v) is 5.53. The maximum atomic E-state index is 11.8. The van der Waals surface area contributed by atoms with E-state index < -0.39 is 17.5 Å².